The standard InChI is InChI=1S/C22H29NO3S/c1-23(17-5-3-4-6-18-24)21-13-9-19(10-14-21)7-8-20-11-15-22(16-12-20)27(2,25)26/h7-16,24H,3-6,17-18H2,1-2H3/b8-7+. The predicted molar refractivity (Wildman–Crippen MR) is 114 cm³/mol. The molecule has 27 heavy (non-hydrogen) atoms. The molecule has 1 N–H and O–H groups in total. The van der Waals surface area contributed by atoms with Crippen molar-refractivity contribution in [1.29, 1.82) is 0 Å². The third-order valence-electron chi connectivity index (χ3n) is 4.51. The van der Waals surface area contributed by atoms with Gasteiger partial charge in [0, 0.05) is 32.1 Å². The monoisotopic (exact) mass is 387 g/mol. The Labute approximate surface area is 163 Å². The lowest BCUT2D eigenvalue weighted by Gasteiger charge is -2.19. The molecule has 2 aromatic rings. The zero-order chi connectivity index (χ0) is 19.7. The van der Waals surface area contributed by atoms with Crippen molar-refractivity contribution in [2.45, 2.75) is 30.6 Å². The topological polar surface area (TPSA) is 57.6 Å². The first-order valence-corrected chi connectivity index (χ1v) is 11.2. The van der Waals surface area contributed by atoms with Gasteiger partial charge in [0.1, 0.15) is 0 Å². The molecule has 0 fully saturated rings. The fraction of sp³-hybridized carbons (Fsp3) is 0.364. The fourth-order valence-electron chi connectivity index (χ4n) is 2.80. The van der Waals surface area contributed by atoms with Crippen LogP contribution in [0.4, 0.5) is 5.69 Å². The zero-order valence-corrected chi connectivity index (χ0v) is 17.0. The molecule has 0 saturated heterocycles. The maximum Gasteiger partial charge on any atom is 0.175 e. The number of nitrogens with zero attached hydrogens (tertiary/aromatic N) is 1. The van der Waals surface area contributed by atoms with Gasteiger partial charge in [0.2, 0.25) is 0 Å². The Morgan fingerprint density at radius 1 is 0.852 bits per heavy atom. The van der Waals surface area contributed by atoms with Crippen LogP contribution >= 0.6 is 0 Å². The Balaban J connectivity index is 1.90. The zero-order valence-electron chi connectivity index (χ0n) is 16.1. The summed E-state index contributed by atoms with van der Waals surface area (Å²) in [6.45, 7) is 1.29. The Kier molecular flexibility index (Phi) is 8.07. The third-order valence-corrected chi connectivity index (χ3v) is 5.64. The molecule has 0 aliphatic rings. The highest BCUT2D eigenvalue weighted by molar-refractivity contribution is 7.90. The smallest absolute Gasteiger partial charge is 0.175 e. The minimum atomic E-state index is -3.15. The maximum atomic E-state index is 11.5. The van der Waals surface area contributed by atoms with Crippen molar-refractivity contribution in [3.05, 3.63) is 59.7 Å². The second-order valence-electron chi connectivity index (χ2n) is 6.83. The van der Waals surface area contributed by atoms with Gasteiger partial charge in [-0.25, -0.2) is 8.42 Å². The van der Waals surface area contributed by atoms with E-state index in [1.165, 1.54) is 11.9 Å². The van der Waals surface area contributed by atoms with Gasteiger partial charge in [0.15, 0.2) is 9.84 Å². The van der Waals surface area contributed by atoms with Gasteiger partial charge in [0.05, 0.1) is 4.90 Å². The largest absolute Gasteiger partial charge is 0.396 e. The van der Waals surface area contributed by atoms with E-state index in [1.54, 1.807) is 12.1 Å². The number of sulfone groups is 1. The van der Waals surface area contributed by atoms with Crippen molar-refractivity contribution < 1.29 is 13.5 Å². The van der Waals surface area contributed by atoms with Crippen LogP contribution in [-0.2, 0) is 9.84 Å². The Morgan fingerprint density at radius 2 is 1.37 bits per heavy atom. The quantitative estimate of drug-likeness (QED) is 0.489. The number of aliphatic hydroxyl groups is 1. The average Bonchev–Trinajstić information content (AvgIpc) is 2.66. The lowest BCUT2D eigenvalue weighted by Crippen LogP contribution is -2.18. The number of hydrogen-bond acceptors (Lipinski definition) is 4. The van der Waals surface area contributed by atoms with Gasteiger partial charge >= 0.3 is 0 Å². The summed E-state index contributed by atoms with van der Waals surface area (Å²) in [5.74, 6) is 0. The van der Waals surface area contributed by atoms with Gasteiger partial charge in [-0.15, -0.1) is 0 Å². The lowest BCUT2D eigenvalue weighted by atomic mass is 10.1. The molecule has 0 bridgehead atoms. The Morgan fingerprint density at radius 3 is 1.89 bits per heavy atom. The first-order chi connectivity index (χ1) is 12.9. The normalized spacial score (nSPS) is 11.8. The molecule has 0 aliphatic heterocycles. The molecule has 0 aliphatic carbocycles. The van der Waals surface area contributed by atoms with E-state index in [2.05, 4.69) is 36.2 Å². The van der Waals surface area contributed by atoms with Crippen molar-refractivity contribution >= 4 is 27.7 Å². The highest BCUT2D eigenvalue weighted by Crippen LogP contribution is 2.17. The van der Waals surface area contributed by atoms with Crippen LogP contribution in [0.3, 0.4) is 0 Å². The van der Waals surface area contributed by atoms with Gasteiger partial charge < -0.3 is 10.0 Å². The molecular formula is C22H29NO3S. The minimum Gasteiger partial charge on any atom is -0.396 e. The van der Waals surface area contributed by atoms with E-state index in [1.807, 2.05) is 24.3 Å². The van der Waals surface area contributed by atoms with Gasteiger partial charge in [-0.05, 0) is 48.2 Å². The Hall–Kier alpha value is -2.11. The number of hydrogen-bond donors (Lipinski definition) is 1. The van der Waals surface area contributed by atoms with Crippen molar-refractivity contribution in [2.75, 3.05) is 31.4 Å². The van der Waals surface area contributed by atoms with Crippen LogP contribution in [0.1, 0.15) is 36.8 Å². The summed E-state index contributed by atoms with van der Waals surface area (Å²) in [5.41, 5.74) is 3.25. The van der Waals surface area contributed by atoms with Crippen molar-refractivity contribution in [3.63, 3.8) is 0 Å². The molecule has 0 spiro atoms. The molecule has 2 rings (SSSR count). The van der Waals surface area contributed by atoms with Crippen LogP contribution in [0.5, 0.6) is 0 Å². The summed E-state index contributed by atoms with van der Waals surface area (Å²) >= 11 is 0. The summed E-state index contributed by atoms with van der Waals surface area (Å²) in [5, 5.41) is 8.80. The summed E-state index contributed by atoms with van der Waals surface area (Å²) in [6.07, 6.45) is 9.46. The molecule has 146 valence electrons. The summed E-state index contributed by atoms with van der Waals surface area (Å²) in [4.78, 5) is 2.58. The van der Waals surface area contributed by atoms with Gasteiger partial charge in [-0.2, -0.15) is 0 Å². The van der Waals surface area contributed by atoms with Crippen LogP contribution in [-0.4, -0.2) is 40.0 Å². The van der Waals surface area contributed by atoms with Crippen LogP contribution in [0.15, 0.2) is 53.4 Å². The molecule has 0 saturated carbocycles. The second-order valence-corrected chi connectivity index (χ2v) is 8.84. The van der Waals surface area contributed by atoms with Crippen molar-refractivity contribution in [3.8, 4) is 0 Å². The number of aliphatic hydroxyl groups excluding tert-OH is 1. The molecule has 0 amide bonds. The number of rotatable bonds is 10. The molecule has 0 atom stereocenters. The highest BCUT2D eigenvalue weighted by Gasteiger charge is 2.05. The minimum absolute atomic E-state index is 0.284. The molecular weight excluding hydrogens is 358 g/mol. The highest BCUT2D eigenvalue weighted by atomic mass is 32.2. The number of anilines is 1. The van der Waals surface area contributed by atoms with E-state index in [0.717, 1.165) is 43.4 Å². The summed E-state index contributed by atoms with van der Waals surface area (Å²) in [7, 11) is -1.05. The van der Waals surface area contributed by atoms with Crippen molar-refractivity contribution in [2.24, 2.45) is 0 Å². The molecule has 0 heterocycles. The molecule has 2 aromatic carbocycles. The van der Waals surface area contributed by atoms with E-state index < -0.39 is 9.84 Å². The first kappa shape index (κ1) is 21.2. The van der Waals surface area contributed by atoms with Crippen molar-refractivity contribution in [1.82, 2.24) is 0 Å². The third kappa shape index (κ3) is 7.19. The van der Waals surface area contributed by atoms with Crippen LogP contribution < -0.4 is 4.90 Å². The van der Waals surface area contributed by atoms with E-state index >= 15 is 0 Å². The van der Waals surface area contributed by atoms with E-state index in [0.29, 0.717) is 4.90 Å². The predicted octanol–water partition coefficient (Wildman–Crippen LogP) is 4.25. The first-order valence-electron chi connectivity index (χ1n) is 9.30. The van der Waals surface area contributed by atoms with Crippen LogP contribution in [0.25, 0.3) is 12.2 Å². The van der Waals surface area contributed by atoms with E-state index in [4.69, 9.17) is 5.11 Å². The van der Waals surface area contributed by atoms with Crippen LogP contribution in [0.2, 0.25) is 0 Å². The molecule has 4 nitrogen and oxygen atoms in total. The second kappa shape index (κ2) is 10.3. The van der Waals surface area contributed by atoms with Crippen LogP contribution in [0, 0.1) is 0 Å². The van der Waals surface area contributed by atoms with Gasteiger partial charge in [-0.1, -0.05) is 49.3 Å². The SMILES string of the molecule is CN(CCCCCCO)c1ccc(/C=C/c2ccc(S(C)(=O)=O)cc2)cc1. The maximum absolute atomic E-state index is 11.5. The average molecular weight is 388 g/mol. The van der Waals surface area contributed by atoms with E-state index in [-0.39, 0.29) is 6.61 Å². The summed E-state index contributed by atoms with van der Waals surface area (Å²) < 4.78 is 23.0. The fourth-order valence-corrected chi connectivity index (χ4v) is 3.43. The van der Waals surface area contributed by atoms with E-state index in [9.17, 15) is 8.42 Å². The Bertz CT molecular complexity index is 825. The van der Waals surface area contributed by atoms with Gasteiger partial charge in [-0.3, -0.25) is 0 Å². The molecule has 5 heteroatoms. The number of benzene rings is 2. The molecule has 0 unspecified atom stereocenters. The number of unbranched alkanes of at least 4 members (excludes halogenated alkanes) is 3. The lowest BCUT2D eigenvalue weighted by molar-refractivity contribution is 0.282. The van der Waals surface area contributed by atoms with Gasteiger partial charge in [0.25, 0.3) is 0 Å². The molecule has 0 radical (unpaired) electrons. The molecule has 0 aromatic heterocycles. The summed E-state index contributed by atoms with van der Waals surface area (Å²) in [6, 6.07) is 15.3.